The third-order valence-electron chi connectivity index (χ3n) is 3.04. The minimum absolute atomic E-state index is 0.398. The van der Waals surface area contributed by atoms with E-state index in [0.29, 0.717) is 6.42 Å². The minimum Gasteiger partial charge on any atom is -0.488 e. The summed E-state index contributed by atoms with van der Waals surface area (Å²) in [6.45, 7) is 5.89. The Bertz CT molecular complexity index is 429. The van der Waals surface area contributed by atoms with E-state index in [1.807, 2.05) is 38.1 Å². The molecule has 19 heavy (non-hydrogen) atoms. The molecule has 0 amide bonds. The first-order chi connectivity index (χ1) is 8.88. The molecule has 1 aromatic carbocycles. The van der Waals surface area contributed by atoms with Crippen molar-refractivity contribution in [3.63, 3.8) is 0 Å². The van der Waals surface area contributed by atoms with Crippen molar-refractivity contribution in [3.05, 3.63) is 29.8 Å². The van der Waals surface area contributed by atoms with Gasteiger partial charge < -0.3 is 15.2 Å². The van der Waals surface area contributed by atoms with E-state index >= 15 is 0 Å². The number of likely N-dealkylation sites (N-methyl/N-ethyl adjacent to an activating group) is 1. The molecule has 4 nitrogen and oxygen atoms in total. The number of hydrogen-bond acceptors (Lipinski definition) is 3. The first kappa shape index (κ1) is 15.5. The molecule has 1 aromatic rings. The van der Waals surface area contributed by atoms with Crippen molar-refractivity contribution in [2.75, 3.05) is 7.05 Å². The molecule has 0 saturated carbocycles. The predicted molar refractivity (Wildman–Crippen MR) is 75.6 cm³/mol. The molecular formula is C15H23NO3. The van der Waals surface area contributed by atoms with Gasteiger partial charge in [-0.1, -0.05) is 19.1 Å². The molecule has 0 saturated heterocycles. The molecule has 1 rings (SSSR count). The van der Waals surface area contributed by atoms with Crippen LogP contribution in [0.5, 0.6) is 5.75 Å². The van der Waals surface area contributed by atoms with Gasteiger partial charge in [0, 0.05) is 6.42 Å². The second-order valence-electron chi connectivity index (χ2n) is 5.25. The van der Waals surface area contributed by atoms with Crippen LogP contribution in [0.2, 0.25) is 0 Å². The molecule has 0 aliphatic carbocycles. The van der Waals surface area contributed by atoms with E-state index in [2.05, 4.69) is 12.2 Å². The zero-order chi connectivity index (χ0) is 14.5. The molecule has 0 aliphatic heterocycles. The summed E-state index contributed by atoms with van der Waals surface area (Å²) < 4.78 is 5.92. The van der Waals surface area contributed by atoms with E-state index in [-0.39, 0.29) is 0 Å². The second-order valence-corrected chi connectivity index (χ2v) is 5.25. The summed E-state index contributed by atoms with van der Waals surface area (Å²) >= 11 is 0. The van der Waals surface area contributed by atoms with Crippen molar-refractivity contribution < 1.29 is 14.6 Å². The van der Waals surface area contributed by atoms with Gasteiger partial charge >= 0.3 is 5.97 Å². The van der Waals surface area contributed by atoms with Crippen molar-refractivity contribution in [2.24, 2.45) is 0 Å². The number of carbonyl (C=O) groups is 1. The monoisotopic (exact) mass is 265 g/mol. The lowest BCUT2D eigenvalue weighted by Gasteiger charge is -2.29. The van der Waals surface area contributed by atoms with Gasteiger partial charge in [0.15, 0.2) is 0 Å². The molecule has 106 valence electrons. The summed E-state index contributed by atoms with van der Waals surface area (Å²) in [5, 5.41) is 11.9. The standard InChI is InChI=1S/C15H23NO3/c1-5-11-7-6-8-12(9-11)19-15(2,3)10-13(16-4)14(17)18/h6-9,13,16H,5,10H2,1-4H3,(H,17,18). The molecule has 1 unspecified atom stereocenters. The topological polar surface area (TPSA) is 58.6 Å². The molecule has 0 fully saturated rings. The molecule has 1 atom stereocenters. The van der Waals surface area contributed by atoms with Crippen molar-refractivity contribution in [2.45, 2.75) is 45.3 Å². The van der Waals surface area contributed by atoms with E-state index in [1.165, 1.54) is 5.56 Å². The normalized spacial score (nSPS) is 13.1. The lowest BCUT2D eigenvalue weighted by molar-refractivity contribution is -0.140. The number of nitrogens with one attached hydrogen (secondary N) is 1. The fourth-order valence-electron chi connectivity index (χ4n) is 1.99. The Morgan fingerprint density at radius 3 is 2.68 bits per heavy atom. The number of hydrogen-bond donors (Lipinski definition) is 2. The molecule has 0 aromatic heterocycles. The second kappa shape index (κ2) is 6.57. The molecule has 0 bridgehead atoms. The lowest BCUT2D eigenvalue weighted by atomic mass is 9.98. The molecule has 4 heteroatoms. The quantitative estimate of drug-likeness (QED) is 0.795. The van der Waals surface area contributed by atoms with Gasteiger partial charge in [-0.15, -0.1) is 0 Å². The first-order valence-corrected chi connectivity index (χ1v) is 6.56. The van der Waals surface area contributed by atoms with Crippen molar-refractivity contribution >= 4 is 5.97 Å². The number of carboxylic acid groups (broad SMARTS) is 1. The van der Waals surface area contributed by atoms with Crippen LogP contribution in [-0.4, -0.2) is 29.8 Å². The molecule has 0 radical (unpaired) electrons. The Morgan fingerprint density at radius 1 is 1.47 bits per heavy atom. The third kappa shape index (κ3) is 4.91. The third-order valence-corrected chi connectivity index (χ3v) is 3.04. The maximum Gasteiger partial charge on any atom is 0.320 e. The van der Waals surface area contributed by atoms with Crippen LogP contribution in [0.25, 0.3) is 0 Å². The average molecular weight is 265 g/mol. The fourth-order valence-corrected chi connectivity index (χ4v) is 1.99. The van der Waals surface area contributed by atoms with E-state index < -0.39 is 17.6 Å². The fraction of sp³-hybridized carbons (Fsp3) is 0.533. The van der Waals surface area contributed by atoms with E-state index in [4.69, 9.17) is 9.84 Å². The van der Waals surface area contributed by atoms with Crippen LogP contribution in [0, 0.1) is 0 Å². The highest BCUT2D eigenvalue weighted by atomic mass is 16.5. The molecular weight excluding hydrogens is 242 g/mol. The van der Waals surface area contributed by atoms with E-state index in [9.17, 15) is 4.79 Å². The molecule has 0 heterocycles. The summed E-state index contributed by atoms with van der Waals surface area (Å²) in [5.74, 6) is -0.0777. The van der Waals surface area contributed by atoms with Crippen LogP contribution >= 0.6 is 0 Å². The zero-order valence-corrected chi connectivity index (χ0v) is 12.1. The van der Waals surface area contributed by atoms with Crippen molar-refractivity contribution in [1.82, 2.24) is 5.32 Å². The highest BCUT2D eigenvalue weighted by Crippen LogP contribution is 2.23. The molecule has 0 spiro atoms. The number of benzene rings is 1. The number of aliphatic carboxylic acids is 1. The van der Waals surface area contributed by atoms with Gasteiger partial charge in [0.25, 0.3) is 0 Å². The van der Waals surface area contributed by atoms with Gasteiger partial charge in [-0.3, -0.25) is 4.79 Å². The summed E-state index contributed by atoms with van der Waals surface area (Å²) in [4.78, 5) is 11.0. The average Bonchev–Trinajstić information content (AvgIpc) is 2.35. The number of aryl methyl sites for hydroxylation is 1. The van der Waals surface area contributed by atoms with Crippen LogP contribution in [-0.2, 0) is 11.2 Å². The largest absolute Gasteiger partial charge is 0.488 e. The van der Waals surface area contributed by atoms with Crippen molar-refractivity contribution in [1.29, 1.82) is 0 Å². The molecule has 2 N–H and O–H groups in total. The highest BCUT2D eigenvalue weighted by Gasteiger charge is 2.28. The van der Waals surface area contributed by atoms with Crippen LogP contribution in [0.4, 0.5) is 0 Å². The van der Waals surface area contributed by atoms with Gasteiger partial charge in [0.05, 0.1) is 0 Å². The van der Waals surface area contributed by atoms with Gasteiger partial charge in [-0.05, 0) is 45.0 Å². The minimum atomic E-state index is -0.860. The van der Waals surface area contributed by atoms with E-state index in [0.717, 1.165) is 12.2 Å². The maximum atomic E-state index is 11.0. The highest BCUT2D eigenvalue weighted by molar-refractivity contribution is 5.73. The smallest absolute Gasteiger partial charge is 0.320 e. The number of ether oxygens (including phenoxy) is 1. The van der Waals surface area contributed by atoms with E-state index in [1.54, 1.807) is 7.05 Å². The SMILES string of the molecule is CCc1cccc(OC(C)(C)CC(NC)C(=O)O)c1. The zero-order valence-electron chi connectivity index (χ0n) is 12.1. The Morgan fingerprint density at radius 2 is 2.16 bits per heavy atom. The summed E-state index contributed by atoms with van der Waals surface area (Å²) in [7, 11) is 1.65. The Hall–Kier alpha value is -1.55. The summed E-state index contributed by atoms with van der Waals surface area (Å²) in [6, 6.07) is 7.29. The molecule has 0 aliphatic rings. The Labute approximate surface area is 114 Å². The lowest BCUT2D eigenvalue weighted by Crippen LogP contribution is -2.43. The van der Waals surface area contributed by atoms with Crippen LogP contribution in [0.3, 0.4) is 0 Å². The Kier molecular flexibility index (Phi) is 5.36. The van der Waals surface area contributed by atoms with Gasteiger partial charge in [0.2, 0.25) is 0 Å². The maximum absolute atomic E-state index is 11.0. The summed E-state index contributed by atoms with van der Waals surface area (Å²) in [6.07, 6.45) is 1.35. The summed E-state index contributed by atoms with van der Waals surface area (Å²) in [5.41, 5.74) is 0.662. The number of carboxylic acids is 1. The Balaban J connectivity index is 2.74. The van der Waals surface area contributed by atoms with Gasteiger partial charge in [-0.2, -0.15) is 0 Å². The van der Waals surface area contributed by atoms with Gasteiger partial charge in [-0.25, -0.2) is 0 Å². The first-order valence-electron chi connectivity index (χ1n) is 6.56. The van der Waals surface area contributed by atoms with Crippen molar-refractivity contribution in [3.8, 4) is 5.75 Å². The van der Waals surface area contributed by atoms with Crippen LogP contribution in [0.15, 0.2) is 24.3 Å². The van der Waals surface area contributed by atoms with Crippen LogP contribution < -0.4 is 10.1 Å². The van der Waals surface area contributed by atoms with Gasteiger partial charge in [0.1, 0.15) is 17.4 Å². The number of rotatable bonds is 7. The van der Waals surface area contributed by atoms with Crippen LogP contribution in [0.1, 0.15) is 32.8 Å². The predicted octanol–water partition coefficient (Wildman–Crippen LogP) is 2.47.